The van der Waals surface area contributed by atoms with Crippen molar-refractivity contribution < 1.29 is 27.1 Å². The number of piperazine rings is 1. The summed E-state index contributed by atoms with van der Waals surface area (Å²) in [5.41, 5.74) is 10.2. The summed E-state index contributed by atoms with van der Waals surface area (Å²) in [7, 11) is -3.29. The Morgan fingerprint density at radius 3 is 2.37 bits per heavy atom. The monoisotopic (exact) mass is 729 g/mol. The Labute approximate surface area is 302 Å². The van der Waals surface area contributed by atoms with E-state index in [4.69, 9.17) is 15.2 Å². The van der Waals surface area contributed by atoms with Crippen LogP contribution in [0.1, 0.15) is 48.3 Å². The fraction of sp³-hybridized carbons (Fsp3) is 0.368. The van der Waals surface area contributed by atoms with Crippen LogP contribution in [0.2, 0.25) is 0 Å². The number of nitrogens with zero attached hydrogens (tertiary/aromatic N) is 5. The SMILES string of the molecule is Cc1cc(Oc2ccccc2F)ccc1-n1ncc(C(=O)c2cc3cc(OC4CCN(C(C)C)CC4)c(N4CCN(S(C)(=O)=O)CC4)cc3[nH]2)c1N. The molecule has 2 aliphatic heterocycles. The van der Waals surface area contributed by atoms with Crippen molar-refractivity contribution in [2.24, 2.45) is 0 Å². The van der Waals surface area contributed by atoms with Gasteiger partial charge in [0.05, 0.1) is 35.1 Å². The van der Waals surface area contributed by atoms with Crippen LogP contribution in [0, 0.1) is 12.7 Å². The minimum absolute atomic E-state index is 0.0396. The zero-order valence-electron chi connectivity index (χ0n) is 29.8. The van der Waals surface area contributed by atoms with Crippen molar-refractivity contribution in [1.29, 1.82) is 0 Å². The first-order valence-electron chi connectivity index (χ1n) is 17.5. The molecule has 0 spiro atoms. The largest absolute Gasteiger partial charge is 0.488 e. The Morgan fingerprint density at radius 1 is 0.962 bits per heavy atom. The van der Waals surface area contributed by atoms with E-state index in [-0.39, 0.29) is 29.0 Å². The number of nitrogen functional groups attached to an aromatic ring is 1. The molecule has 4 heterocycles. The van der Waals surface area contributed by atoms with E-state index in [1.165, 1.54) is 27.5 Å². The quantitative estimate of drug-likeness (QED) is 0.172. The van der Waals surface area contributed by atoms with Gasteiger partial charge in [0, 0.05) is 56.2 Å². The number of benzene rings is 3. The van der Waals surface area contributed by atoms with Crippen LogP contribution in [0.15, 0.2) is 66.9 Å². The van der Waals surface area contributed by atoms with E-state index in [0.29, 0.717) is 55.1 Å². The van der Waals surface area contributed by atoms with Crippen LogP contribution in [0.25, 0.3) is 16.6 Å². The smallest absolute Gasteiger partial charge is 0.214 e. The fourth-order valence-corrected chi connectivity index (χ4v) is 7.84. The second-order valence-corrected chi connectivity index (χ2v) is 15.8. The molecule has 2 aliphatic rings. The summed E-state index contributed by atoms with van der Waals surface area (Å²) < 4.78 is 54.0. The van der Waals surface area contributed by atoms with Crippen LogP contribution < -0.4 is 20.1 Å². The molecule has 2 fully saturated rings. The van der Waals surface area contributed by atoms with Crippen molar-refractivity contribution in [3.05, 3.63) is 89.5 Å². The number of aromatic amines is 1. The summed E-state index contributed by atoms with van der Waals surface area (Å²) in [6, 6.07) is 17.6. The number of nitrogens with one attached hydrogen (secondary N) is 1. The van der Waals surface area contributed by atoms with Crippen molar-refractivity contribution in [3.63, 3.8) is 0 Å². The third-order valence-corrected chi connectivity index (χ3v) is 11.3. The third-order valence-electron chi connectivity index (χ3n) is 10.0. The molecule has 0 radical (unpaired) electrons. The number of fused-ring (bicyclic) bond motifs is 1. The van der Waals surface area contributed by atoms with Crippen LogP contribution in [0.4, 0.5) is 15.9 Å². The van der Waals surface area contributed by atoms with Crippen molar-refractivity contribution in [2.75, 3.05) is 56.2 Å². The molecule has 274 valence electrons. The Hall–Kier alpha value is -4.92. The van der Waals surface area contributed by atoms with Gasteiger partial charge in [-0.25, -0.2) is 17.5 Å². The predicted octanol–water partition coefficient (Wildman–Crippen LogP) is 5.74. The van der Waals surface area contributed by atoms with E-state index in [1.54, 1.807) is 42.5 Å². The van der Waals surface area contributed by atoms with Crippen LogP contribution in [0.3, 0.4) is 0 Å². The molecule has 0 amide bonds. The number of carbonyl (C=O) groups is 1. The number of piperidine rings is 1. The van der Waals surface area contributed by atoms with Crippen molar-refractivity contribution in [3.8, 4) is 22.9 Å². The van der Waals surface area contributed by atoms with Gasteiger partial charge in [0.2, 0.25) is 15.8 Å². The summed E-state index contributed by atoms with van der Waals surface area (Å²) in [5, 5.41) is 5.26. The number of para-hydroxylation sites is 1. The van der Waals surface area contributed by atoms with Gasteiger partial charge in [-0.15, -0.1) is 0 Å². The molecular weight excluding hydrogens is 686 g/mol. The van der Waals surface area contributed by atoms with Crippen molar-refractivity contribution in [2.45, 2.75) is 45.8 Å². The number of ketones is 1. The number of aromatic nitrogens is 3. The van der Waals surface area contributed by atoms with E-state index in [0.717, 1.165) is 48.1 Å². The first kappa shape index (κ1) is 35.5. The topological polar surface area (TPSA) is 139 Å². The van der Waals surface area contributed by atoms with E-state index >= 15 is 0 Å². The average Bonchev–Trinajstić information content (AvgIpc) is 3.71. The van der Waals surface area contributed by atoms with E-state index in [9.17, 15) is 17.6 Å². The van der Waals surface area contributed by atoms with E-state index in [1.807, 2.05) is 19.1 Å². The molecule has 0 saturated carbocycles. The molecule has 2 aromatic heterocycles. The minimum Gasteiger partial charge on any atom is -0.488 e. The van der Waals surface area contributed by atoms with Crippen molar-refractivity contribution >= 4 is 38.2 Å². The van der Waals surface area contributed by atoms with Crippen LogP contribution >= 0.6 is 0 Å². The van der Waals surface area contributed by atoms with E-state index in [2.05, 4.69) is 33.7 Å². The summed E-state index contributed by atoms with van der Waals surface area (Å²) in [6.45, 7) is 9.96. The average molecular weight is 730 g/mol. The van der Waals surface area contributed by atoms with Gasteiger partial charge >= 0.3 is 0 Å². The van der Waals surface area contributed by atoms with Crippen LogP contribution in [-0.4, -0.2) is 95.8 Å². The highest BCUT2D eigenvalue weighted by atomic mass is 32.2. The van der Waals surface area contributed by atoms with Gasteiger partial charge in [0.1, 0.15) is 23.4 Å². The Bertz CT molecular complexity index is 2220. The van der Waals surface area contributed by atoms with Gasteiger partial charge in [0.25, 0.3) is 0 Å². The highest BCUT2D eigenvalue weighted by molar-refractivity contribution is 7.88. The standard InChI is InChI=1S/C38H44FN7O5S/c1-24(2)43-13-11-27(12-14-43)50-36-21-26-20-32(42-31(26)22-34(36)44-15-17-45(18-16-44)52(4,48)49)37(47)29-23-41-46(38(29)40)33-10-9-28(19-25(33)3)51-35-8-6-5-7-30(35)39/h5-10,19-24,27,42H,11-18,40H2,1-4H3. The summed E-state index contributed by atoms with van der Waals surface area (Å²) in [5.74, 6) is 0.681. The summed E-state index contributed by atoms with van der Waals surface area (Å²) in [4.78, 5) is 21.8. The molecular formula is C38H44FN7O5S. The maximum atomic E-state index is 14.1. The zero-order valence-corrected chi connectivity index (χ0v) is 30.6. The lowest BCUT2D eigenvalue weighted by atomic mass is 10.1. The van der Waals surface area contributed by atoms with Gasteiger partial charge in [0.15, 0.2) is 11.6 Å². The second kappa shape index (κ2) is 14.2. The third kappa shape index (κ3) is 7.23. The number of H-pyrrole nitrogens is 1. The van der Waals surface area contributed by atoms with Crippen LogP contribution in [0.5, 0.6) is 17.2 Å². The van der Waals surface area contributed by atoms with Crippen LogP contribution in [-0.2, 0) is 10.0 Å². The molecule has 12 nitrogen and oxygen atoms in total. The fourth-order valence-electron chi connectivity index (χ4n) is 7.02. The number of halogens is 1. The normalized spacial score (nSPS) is 16.5. The molecule has 3 N–H and O–H groups in total. The summed E-state index contributed by atoms with van der Waals surface area (Å²) in [6.07, 6.45) is 4.54. The maximum absolute atomic E-state index is 14.1. The van der Waals surface area contributed by atoms with Gasteiger partial charge in [-0.2, -0.15) is 9.40 Å². The number of anilines is 2. The number of ether oxygens (including phenoxy) is 2. The Balaban J connectivity index is 1.15. The van der Waals surface area contributed by atoms with Gasteiger partial charge in [-0.05, 0) is 87.7 Å². The highest BCUT2D eigenvalue weighted by Crippen LogP contribution is 2.37. The number of likely N-dealkylation sites (tertiary alicyclic amines) is 1. The van der Waals surface area contributed by atoms with E-state index < -0.39 is 15.8 Å². The molecule has 0 atom stereocenters. The lowest BCUT2D eigenvalue weighted by Gasteiger charge is -2.37. The molecule has 14 heteroatoms. The lowest BCUT2D eigenvalue weighted by Crippen LogP contribution is -2.48. The van der Waals surface area contributed by atoms with Gasteiger partial charge in [-0.1, -0.05) is 12.1 Å². The maximum Gasteiger partial charge on any atom is 0.214 e. The molecule has 2 saturated heterocycles. The molecule has 7 rings (SSSR count). The zero-order chi connectivity index (χ0) is 36.7. The minimum atomic E-state index is -3.29. The number of aryl methyl sites for hydroxylation is 1. The number of nitrogens with two attached hydrogens (primary N) is 1. The summed E-state index contributed by atoms with van der Waals surface area (Å²) >= 11 is 0. The van der Waals surface area contributed by atoms with Gasteiger partial charge in [-0.3, -0.25) is 4.79 Å². The van der Waals surface area contributed by atoms with Crippen molar-refractivity contribution in [1.82, 2.24) is 24.0 Å². The number of rotatable bonds is 10. The highest BCUT2D eigenvalue weighted by Gasteiger charge is 2.29. The molecule has 3 aromatic carbocycles. The number of sulfonamides is 1. The molecule has 5 aromatic rings. The first-order chi connectivity index (χ1) is 24.9. The Morgan fingerprint density at radius 2 is 1.69 bits per heavy atom. The van der Waals surface area contributed by atoms with Gasteiger partial charge < -0.3 is 30.0 Å². The molecule has 52 heavy (non-hydrogen) atoms. The predicted molar refractivity (Wildman–Crippen MR) is 200 cm³/mol. The number of carbonyl (C=O) groups excluding carboxylic acids is 1. The lowest BCUT2D eigenvalue weighted by molar-refractivity contribution is 0.0846. The molecule has 0 aliphatic carbocycles. The number of hydrogen-bond acceptors (Lipinski definition) is 9. The molecule has 0 bridgehead atoms. The second-order valence-electron chi connectivity index (χ2n) is 13.9. The molecule has 0 unspecified atom stereocenters. The first-order valence-corrected chi connectivity index (χ1v) is 19.4. The Kier molecular flexibility index (Phi) is 9.72. The number of hydrogen-bond donors (Lipinski definition) is 2.